The maximum Gasteiger partial charge on any atom is 0.260 e. The van der Waals surface area contributed by atoms with Gasteiger partial charge in [-0.05, 0) is 53.4 Å². The van der Waals surface area contributed by atoms with Gasteiger partial charge in [0.05, 0.1) is 7.11 Å². The third-order valence-electron chi connectivity index (χ3n) is 5.69. The lowest BCUT2D eigenvalue weighted by atomic mass is 9.94. The summed E-state index contributed by atoms with van der Waals surface area (Å²) >= 11 is 0. The number of likely N-dealkylation sites (tertiary alicyclic amines) is 1. The Morgan fingerprint density at radius 2 is 1.72 bits per heavy atom. The Morgan fingerprint density at radius 1 is 0.966 bits per heavy atom. The molecule has 0 N–H and O–H groups in total. The quantitative estimate of drug-likeness (QED) is 0.615. The molecule has 0 radical (unpaired) electrons. The maximum absolute atomic E-state index is 12.8. The molecule has 0 spiro atoms. The Morgan fingerprint density at radius 3 is 2.52 bits per heavy atom. The van der Waals surface area contributed by atoms with E-state index in [1.54, 1.807) is 7.11 Å². The highest BCUT2D eigenvalue weighted by Crippen LogP contribution is 2.28. The predicted molar refractivity (Wildman–Crippen MR) is 116 cm³/mol. The summed E-state index contributed by atoms with van der Waals surface area (Å²) in [5.41, 5.74) is 1.26. The Balaban J connectivity index is 1.39. The van der Waals surface area contributed by atoms with Crippen molar-refractivity contribution in [3.8, 4) is 11.5 Å². The van der Waals surface area contributed by atoms with Crippen LogP contribution in [0.15, 0.2) is 66.7 Å². The average Bonchev–Trinajstić information content (AvgIpc) is 3.04. The van der Waals surface area contributed by atoms with E-state index >= 15 is 0 Å². The van der Waals surface area contributed by atoms with Crippen molar-refractivity contribution >= 4 is 16.7 Å². The fraction of sp³-hybridized carbons (Fsp3) is 0.320. The van der Waals surface area contributed by atoms with E-state index in [2.05, 4.69) is 24.3 Å². The van der Waals surface area contributed by atoms with E-state index in [4.69, 9.17) is 9.47 Å². The zero-order valence-electron chi connectivity index (χ0n) is 16.8. The number of carbonyl (C=O) groups excluding carboxylic acids is 1. The SMILES string of the molecule is COc1ccc(C2CCCCN(C(=O)COc3ccc4ccccc4c3)C2)cc1. The van der Waals surface area contributed by atoms with Gasteiger partial charge in [-0.3, -0.25) is 4.79 Å². The highest BCUT2D eigenvalue weighted by Gasteiger charge is 2.23. The number of benzene rings is 3. The lowest BCUT2D eigenvalue weighted by Gasteiger charge is -2.25. The molecule has 4 nitrogen and oxygen atoms in total. The number of fused-ring (bicyclic) bond motifs is 1. The summed E-state index contributed by atoms with van der Waals surface area (Å²) in [6.07, 6.45) is 3.27. The van der Waals surface area contributed by atoms with Crippen LogP contribution >= 0.6 is 0 Å². The molecule has 1 fully saturated rings. The van der Waals surface area contributed by atoms with Crippen LogP contribution in [0.25, 0.3) is 10.8 Å². The maximum atomic E-state index is 12.8. The molecule has 4 rings (SSSR count). The van der Waals surface area contributed by atoms with Crippen molar-refractivity contribution in [3.05, 3.63) is 72.3 Å². The van der Waals surface area contributed by atoms with E-state index < -0.39 is 0 Å². The molecular weight excluding hydrogens is 362 g/mol. The van der Waals surface area contributed by atoms with E-state index in [-0.39, 0.29) is 12.5 Å². The van der Waals surface area contributed by atoms with Gasteiger partial charge >= 0.3 is 0 Å². The predicted octanol–water partition coefficient (Wildman–Crippen LogP) is 5.02. The molecule has 1 heterocycles. The van der Waals surface area contributed by atoms with E-state index in [9.17, 15) is 4.79 Å². The van der Waals surface area contributed by atoms with Crippen LogP contribution in [0.5, 0.6) is 11.5 Å². The molecule has 0 bridgehead atoms. The third kappa shape index (κ3) is 4.70. The van der Waals surface area contributed by atoms with E-state index in [1.165, 1.54) is 10.9 Å². The Labute approximate surface area is 172 Å². The summed E-state index contributed by atoms with van der Waals surface area (Å²) in [7, 11) is 1.68. The highest BCUT2D eigenvalue weighted by molar-refractivity contribution is 5.84. The lowest BCUT2D eigenvalue weighted by Crippen LogP contribution is -2.37. The lowest BCUT2D eigenvalue weighted by molar-refractivity contribution is -0.133. The molecule has 150 valence electrons. The molecule has 1 unspecified atom stereocenters. The topological polar surface area (TPSA) is 38.8 Å². The van der Waals surface area contributed by atoms with Crippen molar-refractivity contribution in [2.24, 2.45) is 0 Å². The van der Waals surface area contributed by atoms with Crippen molar-refractivity contribution in [3.63, 3.8) is 0 Å². The third-order valence-corrected chi connectivity index (χ3v) is 5.69. The van der Waals surface area contributed by atoms with E-state index in [1.807, 2.05) is 47.4 Å². The number of rotatable bonds is 5. The Hall–Kier alpha value is -3.01. The monoisotopic (exact) mass is 389 g/mol. The summed E-state index contributed by atoms with van der Waals surface area (Å²) in [6.45, 7) is 1.62. The Bertz CT molecular complexity index is 967. The van der Waals surface area contributed by atoms with Gasteiger partial charge in [-0.1, -0.05) is 48.9 Å². The van der Waals surface area contributed by atoms with Crippen LogP contribution in [0.1, 0.15) is 30.7 Å². The molecule has 1 amide bonds. The summed E-state index contributed by atoms with van der Waals surface area (Å²) in [4.78, 5) is 14.8. The number of methoxy groups -OCH3 is 1. The van der Waals surface area contributed by atoms with Gasteiger partial charge in [0.25, 0.3) is 5.91 Å². The fourth-order valence-electron chi connectivity index (χ4n) is 4.01. The van der Waals surface area contributed by atoms with Crippen LogP contribution in [0.2, 0.25) is 0 Å². The fourth-order valence-corrected chi connectivity index (χ4v) is 4.01. The number of hydrogen-bond donors (Lipinski definition) is 0. The first-order valence-electron chi connectivity index (χ1n) is 10.3. The number of ether oxygens (including phenoxy) is 2. The normalized spacial score (nSPS) is 17.0. The first-order valence-corrected chi connectivity index (χ1v) is 10.3. The van der Waals surface area contributed by atoms with E-state index in [0.29, 0.717) is 5.92 Å². The number of nitrogens with zero attached hydrogens (tertiary/aromatic N) is 1. The zero-order chi connectivity index (χ0) is 20.1. The van der Waals surface area contributed by atoms with Gasteiger partial charge in [0.15, 0.2) is 6.61 Å². The van der Waals surface area contributed by atoms with Crippen molar-refractivity contribution < 1.29 is 14.3 Å². The largest absolute Gasteiger partial charge is 0.497 e. The van der Waals surface area contributed by atoms with Crippen LogP contribution in [-0.2, 0) is 4.79 Å². The van der Waals surface area contributed by atoms with Gasteiger partial charge < -0.3 is 14.4 Å². The standard InChI is InChI=1S/C25H27NO3/c1-28-23-12-9-20(10-13-23)22-8-4-5-15-26(17-22)25(27)18-29-24-14-11-19-6-2-3-7-21(19)16-24/h2-3,6-7,9-14,16,22H,4-5,8,15,17-18H2,1H3. The second kappa shape index (κ2) is 8.99. The minimum Gasteiger partial charge on any atom is -0.497 e. The summed E-state index contributed by atoms with van der Waals surface area (Å²) in [6, 6.07) is 22.3. The smallest absolute Gasteiger partial charge is 0.260 e. The second-order valence-electron chi connectivity index (χ2n) is 7.60. The van der Waals surface area contributed by atoms with Gasteiger partial charge in [-0.15, -0.1) is 0 Å². The number of hydrogen-bond acceptors (Lipinski definition) is 3. The molecule has 1 saturated heterocycles. The van der Waals surface area contributed by atoms with Crippen molar-refractivity contribution in [1.29, 1.82) is 0 Å². The summed E-state index contributed by atoms with van der Waals surface area (Å²) in [5.74, 6) is 2.00. The van der Waals surface area contributed by atoms with Crippen LogP contribution in [0.4, 0.5) is 0 Å². The molecule has 0 aliphatic carbocycles. The number of amides is 1. The first kappa shape index (κ1) is 19.3. The summed E-state index contributed by atoms with van der Waals surface area (Å²) in [5, 5.41) is 2.29. The molecule has 1 atom stereocenters. The van der Waals surface area contributed by atoms with Crippen LogP contribution in [0.3, 0.4) is 0 Å². The van der Waals surface area contributed by atoms with E-state index in [0.717, 1.165) is 49.2 Å². The molecule has 3 aromatic carbocycles. The molecule has 29 heavy (non-hydrogen) atoms. The number of carbonyl (C=O) groups is 1. The highest BCUT2D eigenvalue weighted by atomic mass is 16.5. The molecular formula is C25H27NO3. The minimum atomic E-state index is 0.0542. The first-order chi connectivity index (χ1) is 14.2. The van der Waals surface area contributed by atoms with Crippen molar-refractivity contribution in [2.45, 2.75) is 25.2 Å². The van der Waals surface area contributed by atoms with Crippen molar-refractivity contribution in [1.82, 2.24) is 4.90 Å². The molecule has 0 aromatic heterocycles. The molecule has 0 saturated carbocycles. The second-order valence-corrected chi connectivity index (χ2v) is 7.60. The van der Waals surface area contributed by atoms with Gasteiger partial charge in [0, 0.05) is 19.0 Å². The van der Waals surface area contributed by atoms with Crippen LogP contribution in [0, 0.1) is 0 Å². The van der Waals surface area contributed by atoms with Gasteiger partial charge in [-0.25, -0.2) is 0 Å². The van der Waals surface area contributed by atoms with Gasteiger partial charge in [0.2, 0.25) is 0 Å². The molecule has 4 heteroatoms. The zero-order valence-corrected chi connectivity index (χ0v) is 16.8. The van der Waals surface area contributed by atoms with Crippen LogP contribution in [-0.4, -0.2) is 37.6 Å². The van der Waals surface area contributed by atoms with Gasteiger partial charge in [0.1, 0.15) is 11.5 Å². The molecule has 3 aromatic rings. The Kier molecular flexibility index (Phi) is 5.99. The molecule has 1 aliphatic rings. The average molecular weight is 389 g/mol. The minimum absolute atomic E-state index is 0.0542. The van der Waals surface area contributed by atoms with Crippen molar-refractivity contribution in [2.75, 3.05) is 26.8 Å². The van der Waals surface area contributed by atoms with Gasteiger partial charge in [-0.2, -0.15) is 0 Å². The van der Waals surface area contributed by atoms with Crippen LogP contribution < -0.4 is 9.47 Å². The summed E-state index contributed by atoms with van der Waals surface area (Å²) < 4.78 is 11.1. The molecule has 1 aliphatic heterocycles.